The minimum atomic E-state index is -0.330. The zero-order chi connectivity index (χ0) is 20.4. The third-order valence-corrected chi connectivity index (χ3v) is 4.94. The Labute approximate surface area is 169 Å². The van der Waals surface area contributed by atoms with Gasteiger partial charge in [0.05, 0.1) is 17.8 Å². The summed E-state index contributed by atoms with van der Waals surface area (Å²) in [5, 5.41) is 3.83. The molecule has 1 aliphatic heterocycles. The van der Waals surface area contributed by atoms with Crippen molar-refractivity contribution in [1.29, 1.82) is 0 Å². The summed E-state index contributed by atoms with van der Waals surface area (Å²) in [6, 6.07) is 11.2. The van der Waals surface area contributed by atoms with Crippen LogP contribution in [-0.4, -0.2) is 39.8 Å². The van der Waals surface area contributed by atoms with E-state index in [0.717, 1.165) is 10.9 Å². The van der Waals surface area contributed by atoms with Crippen molar-refractivity contribution in [3.05, 3.63) is 48.8 Å². The van der Waals surface area contributed by atoms with Crippen LogP contribution < -0.4 is 10.1 Å². The number of nitrogens with one attached hydrogen (secondary N) is 2. The second kappa shape index (κ2) is 7.95. The van der Waals surface area contributed by atoms with E-state index in [0.29, 0.717) is 36.3 Å². The number of H-pyrrole nitrogens is 1. The van der Waals surface area contributed by atoms with Crippen molar-refractivity contribution in [2.24, 2.45) is 11.8 Å². The average Bonchev–Trinajstić information content (AvgIpc) is 3.31. The van der Waals surface area contributed by atoms with Crippen LogP contribution >= 0.6 is 0 Å². The highest BCUT2D eigenvalue weighted by molar-refractivity contribution is 5.97. The molecule has 1 aliphatic rings. The summed E-state index contributed by atoms with van der Waals surface area (Å²) in [4.78, 5) is 33.8. The maximum atomic E-state index is 12.5. The molecule has 2 aromatic heterocycles. The van der Waals surface area contributed by atoms with Crippen LogP contribution in [0.4, 0.5) is 5.69 Å². The zero-order valence-corrected chi connectivity index (χ0v) is 16.5. The Balaban J connectivity index is 1.38. The van der Waals surface area contributed by atoms with Gasteiger partial charge in [0.25, 0.3) is 0 Å². The number of aromatic amines is 1. The lowest BCUT2D eigenvalue weighted by Crippen LogP contribution is -2.31. The van der Waals surface area contributed by atoms with Gasteiger partial charge in [0.15, 0.2) is 0 Å². The number of amides is 2. The SMILES string of the molecule is CC(C)CN1C[C@H](C(=O)Nc2ccc(Oc3cccc4[nH]ccc34)nc2)CC1=O. The molecule has 29 heavy (non-hydrogen) atoms. The number of likely N-dealkylation sites (tertiary alicyclic amines) is 1. The highest BCUT2D eigenvalue weighted by Crippen LogP contribution is 2.29. The van der Waals surface area contributed by atoms with Crippen molar-refractivity contribution < 1.29 is 14.3 Å². The predicted octanol–water partition coefficient (Wildman–Crippen LogP) is 3.80. The number of aromatic nitrogens is 2. The van der Waals surface area contributed by atoms with Gasteiger partial charge in [-0.3, -0.25) is 9.59 Å². The number of nitrogens with zero attached hydrogens (tertiary/aromatic N) is 2. The van der Waals surface area contributed by atoms with Crippen LogP contribution in [0, 0.1) is 11.8 Å². The molecule has 1 atom stereocenters. The number of ether oxygens (including phenoxy) is 1. The fraction of sp³-hybridized carbons (Fsp3) is 0.318. The van der Waals surface area contributed by atoms with Crippen LogP contribution in [-0.2, 0) is 9.59 Å². The quantitative estimate of drug-likeness (QED) is 0.668. The van der Waals surface area contributed by atoms with Gasteiger partial charge in [-0.2, -0.15) is 0 Å². The lowest BCUT2D eigenvalue weighted by Gasteiger charge is -2.18. The molecule has 0 aliphatic carbocycles. The summed E-state index contributed by atoms with van der Waals surface area (Å²) in [5.74, 6) is 1.09. The molecular weight excluding hydrogens is 368 g/mol. The third-order valence-electron chi connectivity index (χ3n) is 4.94. The van der Waals surface area contributed by atoms with Gasteiger partial charge >= 0.3 is 0 Å². The molecular formula is C22H24N4O3. The van der Waals surface area contributed by atoms with Gasteiger partial charge in [-0.15, -0.1) is 0 Å². The van der Waals surface area contributed by atoms with Crippen LogP contribution in [0.15, 0.2) is 48.8 Å². The molecule has 0 radical (unpaired) electrons. The summed E-state index contributed by atoms with van der Waals surface area (Å²) >= 11 is 0. The van der Waals surface area contributed by atoms with Gasteiger partial charge in [0.1, 0.15) is 5.75 Å². The molecule has 1 aromatic carbocycles. The van der Waals surface area contributed by atoms with Gasteiger partial charge in [0.2, 0.25) is 17.7 Å². The molecule has 7 heteroatoms. The standard InChI is InChI=1S/C22H24N4O3/c1-14(2)12-26-13-15(10-21(26)27)22(28)25-16-6-7-20(24-11-16)29-19-5-3-4-18-17(19)8-9-23-18/h3-9,11,14-15,23H,10,12-13H2,1-2H3,(H,25,28)/t15-/m1/s1. The van der Waals surface area contributed by atoms with E-state index in [2.05, 4.69) is 29.1 Å². The van der Waals surface area contributed by atoms with Crippen LogP contribution in [0.25, 0.3) is 10.9 Å². The van der Waals surface area contributed by atoms with Crippen molar-refractivity contribution in [1.82, 2.24) is 14.9 Å². The monoisotopic (exact) mass is 392 g/mol. The molecule has 2 amide bonds. The van der Waals surface area contributed by atoms with E-state index < -0.39 is 0 Å². The molecule has 150 valence electrons. The minimum Gasteiger partial charge on any atom is -0.438 e. The summed E-state index contributed by atoms with van der Waals surface area (Å²) in [5.41, 5.74) is 1.57. The number of benzene rings is 1. The van der Waals surface area contributed by atoms with E-state index in [-0.39, 0.29) is 24.2 Å². The first-order valence-corrected chi connectivity index (χ1v) is 9.78. The Kier molecular flexibility index (Phi) is 5.20. The Hall–Kier alpha value is -3.35. The molecule has 3 aromatic rings. The Morgan fingerprint density at radius 1 is 1.31 bits per heavy atom. The van der Waals surface area contributed by atoms with E-state index in [9.17, 15) is 9.59 Å². The first kappa shape index (κ1) is 19.0. The molecule has 1 saturated heterocycles. The molecule has 7 nitrogen and oxygen atoms in total. The number of hydrogen-bond acceptors (Lipinski definition) is 4. The smallest absolute Gasteiger partial charge is 0.229 e. The molecule has 0 spiro atoms. The number of anilines is 1. The summed E-state index contributed by atoms with van der Waals surface area (Å²) < 4.78 is 5.88. The molecule has 3 heterocycles. The molecule has 0 unspecified atom stereocenters. The van der Waals surface area contributed by atoms with Crippen molar-refractivity contribution in [2.75, 3.05) is 18.4 Å². The molecule has 2 N–H and O–H groups in total. The molecule has 1 fully saturated rings. The Morgan fingerprint density at radius 3 is 2.93 bits per heavy atom. The summed E-state index contributed by atoms with van der Waals surface area (Å²) in [7, 11) is 0. The molecule has 0 saturated carbocycles. The normalized spacial score (nSPS) is 16.6. The van der Waals surface area contributed by atoms with E-state index in [1.807, 2.05) is 30.5 Å². The molecule has 4 rings (SSSR count). The summed E-state index contributed by atoms with van der Waals surface area (Å²) in [6.07, 6.45) is 3.68. The van der Waals surface area contributed by atoms with E-state index in [1.165, 1.54) is 0 Å². The number of hydrogen-bond donors (Lipinski definition) is 2. The third kappa shape index (κ3) is 4.23. The topological polar surface area (TPSA) is 87.3 Å². The Bertz CT molecular complexity index is 1030. The Morgan fingerprint density at radius 2 is 2.17 bits per heavy atom. The molecule has 0 bridgehead atoms. The van der Waals surface area contributed by atoms with Crippen LogP contribution in [0.3, 0.4) is 0 Å². The lowest BCUT2D eigenvalue weighted by atomic mass is 10.1. The van der Waals surface area contributed by atoms with Crippen LogP contribution in [0.1, 0.15) is 20.3 Å². The van der Waals surface area contributed by atoms with Crippen molar-refractivity contribution in [2.45, 2.75) is 20.3 Å². The zero-order valence-electron chi connectivity index (χ0n) is 16.5. The first-order chi connectivity index (χ1) is 14.0. The number of rotatable bonds is 6. The van der Waals surface area contributed by atoms with Gasteiger partial charge in [-0.05, 0) is 30.2 Å². The van der Waals surface area contributed by atoms with Gasteiger partial charge in [0, 0.05) is 42.7 Å². The fourth-order valence-electron chi connectivity index (χ4n) is 3.58. The highest BCUT2D eigenvalue weighted by atomic mass is 16.5. The second-order valence-electron chi connectivity index (χ2n) is 7.77. The van der Waals surface area contributed by atoms with E-state index in [4.69, 9.17) is 4.74 Å². The number of carbonyl (C=O) groups is 2. The maximum absolute atomic E-state index is 12.5. The van der Waals surface area contributed by atoms with E-state index in [1.54, 1.807) is 23.2 Å². The van der Waals surface area contributed by atoms with Crippen LogP contribution in [0.2, 0.25) is 0 Å². The highest BCUT2D eigenvalue weighted by Gasteiger charge is 2.34. The second-order valence-corrected chi connectivity index (χ2v) is 7.77. The number of pyridine rings is 1. The summed E-state index contributed by atoms with van der Waals surface area (Å²) in [6.45, 7) is 5.28. The average molecular weight is 392 g/mol. The van der Waals surface area contributed by atoms with Gasteiger partial charge in [-0.25, -0.2) is 4.98 Å². The predicted molar refractivity (Wildman–Crippen MR) is 111 cm³/mol. The van der Waals surface area contributed by atoms with Crippen LogP contribution in [0.5, 0.6) is 11.6 Å². The van der Waals surface area contributed by atoms with Crippen molar-refractivity contribution >= 4 is 28.4 Å². The van der Waals surface area contributed by atoms with Crippen molar-refractivity contribution in [3.63, 3.8) is 0 Å². The number of fused-ring (bicyclic) bond motifs is 1. The minimum absolute atomic E-state index is 0.0413. The fourth-order valence-corrected chi connectivity index (χ4v) is 3.58. The lowest BCUT2D eigenvalue weighted by molar-refractivity contribution is -0.128. The van der Waals surface area contributed by atoms with Gasteiger partial charge in [-0.1, -0.05) is 19.9 Å². The maximum Gasteiger partial charge on any atom is 0.229 e. The van der Waals surface area contributed by atoms with Gasteiger partial charge < -0.3 is 19.9 Å². The largest absolute Gasteiger partial charge is 0.438 e. The number of carbonyl (C=O) groups excluding carboxylic acids is 2. The van der Waals surface area contributed by atoms with Crippen molar-refractivity contribution in [3.8, 4) is 11.6 Å². The first-order valence-electron chi connectivity index (χ1n) is 9.78. The van der Waals surface area contributed by atoms with E-state index >= 15 is 0 Å².